The molecule has 3 aromatic carbocycles. The van der Waals surface area contributed by atoms with Gasteiger partial charge in [0.05, 0.1) is 13.2 Å². The molecule has 0 aliphatic rings. The zero-order valence-electron chi connectivity index (χ0n) is 21.4. The lowest BCUT2D eigenvalue weighted by molar-refractivity contribution is 0.0957. The molecule has 0 atom stereocenters. The first-order chi connectivity index (χ1) is 18.6. The second kappa shape index (κ2) is 13.3. The van der Waals surface area contributed by atoms with Crippen molar-refractivity contribution in [1.82, 2.24) is 14.8 Å². The Hall–Kier alpha value is -4.30. The second-order valence-electron chi connectivity index (χ2n) is 8.22. The van der Waals surface area contributed by atoms with E-state index in [0.29, 0.717) is 43.2 Å². The SMILES string of the molecule is CCOc1ccc(CNc2nc(NCc3ccc(OCC)cc3)n(C(=O)/C=C/c3ccccc3Cl)n2)cc1. The topological polar surface area (TPSA) is 90.3 Å². The Morgan fingerprint density at radius 2 is 1.45 bits per heavy atom. The van der Waals surface area contributed by atoms with Crippen molar-refractivity contribution in [2.45, 2.75) is 26.9 Å². The van der Waals surface area contributed by atoms with Crippen LogP contribution in [0.25, 0.3) is 6.08 Å². The molecule has 0 aliphatic carbocycles. The monoisotopic (exact) mass is 531 g/mol. The van der Waals surface area contributed by atoms with E-state index in [1.54, 1.807) is 12.1 Å². The van der Waals surface area contributed by atoms with Crippen LogP contribution in [-0.2, 0) is 13.1 Å². The van der Waals surface area contributed by atoms with Crippen LogP contribution in [0.5, 0.6) is 11.5 Å². The van der Waals surface area contributed by atoms with Crippen LogP contribution in [-0.4, -0.2) is 33.9 Å². The molecule has 0 spiro atoms. The molecule has 8 nitrogen and oxygen atoms in total. The van der Waals surface area contributed by atoms with E-state index in [4.69, 9.17) is 21.1 Å². The third-order valence-electron chi connectivity index (χ3n) is 5.50. The van der Waals surface area contributed by atoms with E-state index in [2.05, 4.69) is 20.7 Å². The summed E-state index contributed by atoms with van der Waals surface area (Å²) >= 11 is 6.23. The summed E-state index contributed by atoms with van der Waals surface area (Å²) in [6.45, 7) is 6.05. The van der Waals surface area contributed by atoms with E-state index in [-0.39, 0.29) is 5.91 Å². The fourth-order valence-corrected chi connectivity index (χ4v) is 3.80. The number of carbonyl (C=O) groups excluding carboxylic acids is 1. The minimum atomic E-state index is -0.360. The van der Waals surface area contributed by atoms with Gasteiger partial charge in [0, 0.05) is 24.2 Å². The summed E-state index contributed by atoms with van der Waals surface area (Å²) in [7, 11) is 0. The fourth-order valence-electron chi connectivity index (χ4n) is 3.60. The van der Waals surface area contributed by atoms with Crippen molar-refractivity contribution in [2.75, 3.05) is 23.8 Å². The van der Waals surface area contributed by atoms with Crippen LogP contribution in [0.15, 0.2) is 78.9 Å². The van der Waals surface area contributed by atoms with Crippen LogP contribution in [0.3, 0.4) is 0 Å². The van der Waals surface area contributed by atoms with Crippen molar-refractivity contribution in [3.05, 3.63) is 101 Å². The van der Waals surface area contributed by atoms with E-state index in [9.17, 15) is 4.79 Å². The van der Waals surface area contributed by atoms with Crippen LogP contribution in [0.1, 0.15) is 35.3 Å². The predicted molar refractivity (Wildman–Crippen MR) is 151 cm³/mol. The second-order valence-corrected chi connectivity index (χ2v) is 8.63. The number of benzene rings is 3. The summed E-state index contributed by atoms with van der Waals surface area (Å²) in [5, 5.41) is 11.4. The summed E-state index contributed by atoms with van der Waals surface area (Å²) in [5.74, 6) is 1.91. The predicted octanol–water partition coefficient (Wildman–Crippen LogP) is 6.31. The Bertz CT molecular complexity index is 1370. The Kier molecular flexibility index (Phi) is 9.37. The van der Waals surface area contributed by atoms with Gasteiger partial charge in [0.25, 0.3) is 5.91 Å². The van der Waals surface area contributed by atoms with Crippen molar-refractivity contribution in [3.8, 4) is 11.5 Å². The number of nitrogens with one attached hydrogen (secondary N) is 2. The Morgan fingerprint density at radius 3 is 2.03 bits per heavy atom. The van der Waals surface area contributed by atoms with Crippen molar-refractivity contribution in [2.24, 2.45) is 0 Å². The molecular weight excluding hydrogens is 502 g/mol. The van der Waals surface area contributed by atoms with Gasteiger partial charge in [-0.2, -0.15) is 9.67 Å². The molecule has 4 rings (SSSR count). The Labute approximate surface area is 227 Å². The van der Waals surface area contributed by atoms with Crippen molar-refractivity contribution >= 4 is 35.5 Å². The van der Waals surface area contributed by atoms with Gasteiger partial charge >= 0.3 is 0 Å². The fraction of sp³-hybridized carbons (Fsp3) is 0.207. The maximum Gasteiger partial charge on any atom is 0.274 e. The zero-order chi connectivity index (χ0) is 26.7. The maximum absolute atomic E-state index is 13.1. The summed E-state index contributed by atoms with van der Waals surface area (Å²) in [4.78, 5) is 17.6. The summed E-state index contributed by atoms with van der Waals surface area (Å²) in [5.41, 5.74) is 2.77. The first-order valence-corrected chi connectivity index (χ1v) is 12.8. The number of halogens is 1. The van der Waals surface area contributed by atoms with Crippen LogP contribution in [0, 0.1) is 0 Å². The van der Waals surface area contributed by atoms with Crippen LogP contribution >= 0.6 is 11.6 Å². The highest BCUT2D eigenvalue weighted by Gasteiger charge is 2.15. The number of carbonyl (C=O) groups is 1. The number of allylic oxidation sites excluding steroid dienone is 1. The largest absolute Gasteiger partial charge is 0.494 e. The number of nitrogens with zero attached hydrogens (tertiary/aromatic N) is 3. The molecule has 4 aromatic rings. The minimum absolute atomic E-state index is 0.321. The van der Waals surface area contributed by atoms with Gasteiger partial charge in [-0.3, -0.25) is 4.79 Å². The summed E-state index contributed by atoms with van der Waals surface area (Å²) in [6.07, 6.45) is 3.09. The Balaban J connectivity index is 1.50. The molecule has 0 radical (unpaired) electrons. The molecule has 0 amide bonds. The molecule has 38 heavy (non-hydrogen) atoms. The van der Waals surface area contributed by atoms with Gasteiger partial charge < -0.3 is 20.1 Å². The number of aromatic nitrogens is 3. The van der Waals surface area contributed by atoms with Gasteiger partial charge in [0.15, 0.2) is 0 Å². The first-order valence-electron chi connectivity index (χ1n) is 12.4. The average Bonchev–Trinajstić information content (AvgIpc) is 3.35. The van der Waals surface area contributed by atoms with E-state index < -0.39 is 0 Å². The van der Waals surface area contributed by atoms with Crippen LogP contribution in [0.4, 0.5) is 11.9 Å². The highest BCUT2D eigenvalue weighted by molar-refractivity contribution is 6.32. The molecular formula is C29H30ClN5O3. The molecule has 0 aliphatic heterocycles. The molecule has 0 unspecified atom stereocenters. The van der Waals surface area contributed by atoms with Gasteiger partial charge in [0.2, 0.25) is 11.9 Å². The highest BCUT2D eigenvalue weighted by Crippen LogP contribution is 2.19. The lowest BCUT2D eigenvalue weighted by atomic mass is 10.2. The molecule has 0 saturated heterocycles. The van der Waals surface area contributed by atoms with E-state index in [0.717, 1.165) is 28.2 Å². The smallest absolute Gasteiger partial charge is 0.274 e. The lowest BCUT2D eigenvalue weighted by Crippen LogP contribution is -2.14. The number of hydrogen-bond donors (Lipinski definition) is 2. The van der Waals surface area contributed by atoms with E-state index >= 15 is 0 Å². The minimum Gasteiger partial charge on any atom is -0.494 e. The van der Waals surface area contributed by atoms with Crippen molar-refractivity contribution < 1.29 is 14.3 Å². The van der Waals surface area contributed by atoms with Gasteiger partial charge in [0.1, 0.15) is 11.5 Å². The number of anilines is 2. The molecule has 0 fully saturated rings. The van der Waals surface area contributed by atoms with Gasteiger partial charge in [-0.1, -0.05) is 54.1 Å². The highest BCUT2D eigenvalue weighted by atomic mass is 35.5. The first kappa shape index (κ1) is 26.8. The molecule has 1 heterocycles. The third-order valence-corrected chi connectivity index (χ3v) is 5.84. The van der Waals surface area contributed by atoms with Crippen molar-refractivity contribution in [1.29, 1.82) is 0 Å². The lowest BCUT2D eigenvalue weighted by Gasteiger charge is -2.07. The number of rotatable bonds is 12. The maximum atomic E-state index is 13.1. The zero-order valence-corrected chi connectivity index (χ0v) is 22.1. The number of hydrogen-bond acceptors (Lipinski definition) is 7. The molecule has 0 saturated carbocycles. The summed E-state index contributed by atoms with van der Waals surface area (Å²) in [6, 6.07) is 22.8. The molecule has 2 N–H and O–H groups in total. The van der Waals surface area contributed by atoms with Gasteiger partial charge in [-0.05, 0) is 66.9 Å². The molecule has 196 valence electrons. The molecule has 9 heteroatoms. The summed E-state index contributed by atoms with van der Waals surface area (Å²) < 4.78 is 12.2. The average molecular weight is 532 g/mol. The van der Waals surface area contributed by atoms with E-state index in [1.807, 2.05) is 80.6 Å². The normalized spacial score (nSPS) is 10.9. The van der Waals surface area contributed by atoms with E-state index in [1.165, 1.54) is 10.8 Å². The van der Waals surface area contributed by atoms with Crippen molar-refractivity contribution in [3.63, 3.8) is 0 Å². The molecule has 0 bridgehead atoms. The quantitative estimate of drug-likeness (QED) is 0.207. The number of ether oxygens (including phenoxy) is 2. The van der Waals surface area contributed by atoms with Gasteiger partial charge in [-0.15, -0.1) is 5.10 Å². The Morgan fingerprint density at radius 1 is 0.868 bits per heavy atom. The van der Waals surface area contributed by atoms with Crippen LogP contribution < -0.4 is 20.1 Å². The van der Waals surface area contributed by atoms with Gasteiger partial charge in [-0.25, -0.2) is 0 Å². The third kappa shape index (κ3) is 7.36. The standard InChI is InChI=1S/C29H30ClN5O3/c1-3-37-24-14-9-21(10-15-24)19-31-28-33-29(32-20-22-11-16-25(17-12-22)38-4-2)35(34-28)27(36)18-13-23-7-5-6-8-26(23)30/h5-18H,3-4,19-20H2,1-2H3,(H2,31,32,33,34)/b18-13+. The van der Waals surface area contributed by atoms with Crippen LogP contribution in [0.2, 0.25) is 5.02 Å². The molecule has 1 aromatic heterocycles.